The van der Waals surface area contributed by atoms with E-state index in [2.05, 4.69) is 10.6 Å². The third kappa shape index (κ3) is 4.81. The maximum Gasteiger partial charge on any atom is 0.339 e. The molecule has 140 valence electrons. The summed E-state index contributed by atoms with van der Waals surface area (Å²) in [6.07, 6.45) is 0.880. The molecule has 0 bridgehead atoms. The van der Waals surface area contributed by atoms with Crippen molar-refractivity contribution in [1.82, 2.24) is 0 Å². The number of carbonyl (C=O) groups is 2. The first-order valence-corrected chi connectivity index (χ1v) is 8.56. The summed E-state index contributed by atoms with van der Waals surface area (Å²) in [4.78, 5) is 35.2. The van der Waals surface area contributed by atoms with Gasteiger partial charge in [-0.05, 0) is 44.0 Å². The predicted octanol–water partition coefficient (Wildman–Crippen LogP) is 3.35. The Morgan fingerprint density at radius 3 is 2.52 bits per heavy atom. The molecular formula is C19H19N3O5. The average molecular weight is 369 g/mol. The van der Waals surface area contributed by atoms with Crippen LogP contribution in [-0.2, 0) is 9.53 Å². The van der Waals surface area contributed by atoms with Crippen molar-refractivity contribution in [2.45, 2.75) is 31.9 Å². The number of nitrogens with zero attached hydrogens (tertiary/aromatic N) is 1. The number of rotatable bonds is 7. The van der Waals surface area contributed by atoms with Gasteiger partial charge in [0.1, 0.15) is 5.69 Å². The molecule has 2 aromatic carbocycles. The third-order valence-corrected chi connectivity index (χ3v) is 4.06. The molecule has 0 spiro atoms. The maximum atomic E-state index is 12.3. The molecule has 3 rings (SSSR count). The monoisotopic (exact) mass is 369 g/mol. The van der Waals surface area contributed by atoms with Gasteiger partial charge in [0.15, 0.2) is 6.10 Å². The zero-order chi connectivity index (χ0) is 19.4. The first-order chi connectivity index (χ1) is 12.9. The lowest BCUT2D eigenvalue weighted by Crippen LogP contribution is -2.30. The summed E-state index contributed by atoms with van der Waals surface area (Å²) in [7, 11) is 0. The molecule has 0 saturated heterocycles. The van der Waals surface area contributed by atoms with Crippen LogP contribution in [0.3, 0.4) is 0 Å². The summed E-state index contributed by atoms with van der Waals surface area (Å²) >= 11 is 0. The molecule has 8 nitrogen and oxygen atoms in total. The topological polar surface area (TPSA) is 111 Å². The van der Waals surface area contributed by atoms with Gasteiger partial charge in [-0.2, -0.15) is 0 Å². The number of ether oxygens (including phenoxy) is 1. The molecule has 0 heterocycles. The van der Waals surface area contributed by atoms with Crippen LogP contribution in [0.15, 0.2) is 48.5 Å². The van der Waals surface area contributed by atoms with E-state index in [1.807, 2.05) is 6.07 Å². The number of para-hydroxylation sites is 1. The first-order valence-electron chi connectivity index (χ1n) is 8.56. The number of carbonyl (C=O) groups excluding carboxylic acids is 2. The molecule has 0 radical (unpaired) electrons. The highest BCUT2D eigenvalue weighted by Gasteiger charge is 2.26. The Hall–Kier alpha value is -3.42. The van der Waals surface area contributed by atoms with Gasteiger partial charge < -0.3 is 15.4 Å². The van der Waals surface area contributed by atoms with Crippen LogP contribution in [0.2, 0.25) is 0 Å². The Morgan fingerprint density at radius 2 is 1.89 bits per heavy atom. The lowest BCUT2D eigenvalue weighted by atomic mass is 10.1. The molecule has 1 fully saturated rings. The molecule has 2 N–H and O–H groups in total. The molecule has 1 atom stereocenters. The van der Waals surface area contributed by atoms with E-state index in [4.69, 9.17) is 4.74 Å². The van der Waals surface area contributed by atoms with E-state index in [0.717, 1.165) is 18.9 Å². The van der Waals surface area contributed by atoms with Gasteiger partial charge in [-0.1, -0.05) is 18.2 Å². The number of benzene rings is 2. The summed E-state index contributed by atoms with van der Waals surface area (Å²) in [5.74, 6) is -1.29. The van der Waals surface area contributed by atoms with Gasteiger partial charge in [-0.15, -0.1) is 0 Å². The van der Waals surface area contributed by atoms with E-state index in [1.54, 1.807) is 24.3 Å². The fourth-order valence-corrected chi connectivity index (χ4v) is 2.43. The maximum absolute atomic E-state index is 12.3. The average Bonchev–Trinajstić information content (AvgIpc) is 3.46. The summed E-state index contributed by atoms with van der Waals surface area (Å²) in [6, 6.07) is 13.1. The molecule has 27 heavy (non-hydrogen) atoms. The van der Waals surface area contributed by atoms with Crippen LogP contribution >= 0.6 is 0 Å². The molecule has 1 amide bonds. The van der Waals surface area contributed by atoms with Crippen LogP contribution in [0.4, 0.5) is 17.1 Å². The number of nitrogens with one attached hydrogen (secondary N) is 2. The molecule has 1 aliphatic carbocycles. The Bertz CT molecular complexity index is 865. The second-order valence-corrected chi connectivity index (χ2v) is 6.31. The molecule has 0 aromatic heterocycles. The smallest absolute Gasteiger partial charge is 0.339 e. The second kappa shape index (κ2) is 7.86. The lowest BCUT2D eigenvalue weighted by molar-refractivity contribution is -0.384. The van der Waals surface area contributed by atoms with E-state index >= 15 is 0 Å². The molecule has 2 aromatic rings. The fraction of sp³-hybridized carbons (Fsp3) is 0.263. The Labute approximate surface area is 155 Å². The van der Waals surface area contributed by atoms with E-state index < -0.39 is 22.9 Å². The summed E-state index contributed by atoms with van der Waals surface area (Å²) in [5, 5.41) is 17.0. The van der Waals surface area contributed by atoms with Gasteiger partial charge in [0.2, 0.25) is 0 Å². The summed E-state index contributed by atoms with van der Waals surface area (Å²) < 4.78 is 5.14. The van der Waals surface area contributed by atoms with Gasteiger partial charge in [-0.3, -0.25) is 14.9 Å². The Kier molecular flexibility index (Phi) is 5.35. The van der Waals surface area contributed by atoms with Crippen molar-refractivity contribution in [2.24, 2.45) is 0 Å². The van der Waals surface area contributed by atoms with Crippen molar-refractivity contribution in [1.29, 1.82) is 0 Å². The number of nitro groups is 1. The second-order valence-electron chi connectivity index (χ2n) is 6.31. The van der Waals surface area contributed by atoms with Crippen LogP contribution in [0.25, 0.3) is 0 Å². The SMILES string of the molecule is C[C@@H](OC(=O)c1ccc(NC2CC2)c([N+](=O)[O-])c1)C(=O)Nc1ccccc1. The molecule has 1 saturated carbocycles. The van der Waals surface area contributed by atoms with Crippen molar-refractivity contribution < 1.29 is 19.2 Å². The molecule has 8 heteroatoms. The van der Waals surface area contributed by atoms with Crippen molar-refractivity contribution in [3.8, 4) is 0 Å². The number of nitro benzene ring substituents is 1. The molecular weight excluding hydrogens is 350 g/mol. The van der Waals surface area contributed by atoms with E-state index in [0.29, 0.717) is 11.4 Å². The predicted molar refractivity (Wildman–Crippen MR) is 99.7 cm³/mol. The van der Waals surface area contributed by atoms with Gasteiger partial charge in [0.25, 0.3) is 11.6 Å². The van der Waals surface area contributed by atoms with Crippen LogP contribution in [0.5, 0.6) is 0 Å². The van der Waals surface area contributed by atoms with E-state index in [9.17, 15) is 19.7 Å². The fourth-order valence-electron chi connectivity index (χ4n) is 2.43. The standard InChI is InChI=1S/C19H19N3O5/c1-12(18(23)21-14-5-3-2-4-6-14)27-19(24)13-7-10-16(20-15-8-9-15)17(11-13)22(25)26/h2-7,10-12,15,20H,8-9H2,1H3,(H,21,23)/t12-/m1/s1. The molecule has 0 aliphatic heterocycles. The van der Waals surface area contributed by atoms with Crippen molar-refractivity contribution in [2.75, 3.05) is 10.6 Å². The van der Waals surface area contributed by atoms with Crippen LogP contribution in [0.1, 0.15) is 30.1 Å². The number of hydrogen-bond acceptors (Lipinski definition) is 6. The third-order valence-electron chi connectivity index (χ3n) is 4.06. The highest BCUT2D eigenvalue weighted by atomic mass is 16.6. The molecule has 1 aliphatic rings. The van der Waals surface area contributed by atoms with Gasteiger partial charge in [0.05, 0.1) is 10.5 Å². The van der Waals surface area contributed by atoms with Crippen LogP contribution < -0.4 is 10.6 Å². The largest absolute Gasteiger partial charge is 0.449 e. The van der Waals surface area contributed by atoms with E-state index in [-0.39, 0.29) is 17.3 Å². The normalized spacial score (nSPS) is 14.1. The van der Waals surface area contributed by atoms with Crippen molar-refractivity contribution in [3.63, 3.8) is 0 Å². The minimum absolute atomic E-state index is 0.0161. The number of esters is 1. The first kappa shape index (κ1) is 18.4. The number of amides is 1. The Balaban J connectivity index is 1.66. The van der Waals surface area contributed by atoms with Crippen molar-refractivity contribution >= 4 is 28.9 Å². The lowest BCUT2D eigenvalue weighted by Gasteiger charge is -2.14. The highest BCUT2D eigenvalue weighted by molar-refractivity contribution is 5.97. The van der Waals surface area contributed by atoms with E-state index in [1.165, 1.54) is 19.1 Å². The number of anilines is 2. The zero-order valence-corrected chi connectivity index (χ0v) is 14.7. The van der Waals surface area contributed by atoms with Gasteiger partial charge in [0, 0.05) is 17.8 Å². The highest BCUT2D eigenvalue weighted by Crippen LogP contribution is 2.31. The quantitative estimate of drug-likeness (QED) is 0.440. The van der Waals surface area contributed by atoms with Gasteiger partial charge >= 0.3 is 5.97 Å². The summed E-state index contributed by atoms with van der Waals surface area (Å²) in [5.41, 5.74) is 0.769. The minimum atomic E-state index is -1.05. The molecule has 0 unspecified atom stereocenters. The van der Waals surface area contributed by atoms with Crippen molar-refractivity contribution in [3.05, 3.63) is 64.2 Å². The minimum Gasteiger partial charge on any atom is -0.449 e. The zero-order valence-electron chi connectivity index (χ0n) is 14.7. The van der Waals surface area contributed by atoms with Crippen LogP contribution in [0, 0.1) is 10.1 Å². The van der Waals surface area contributed by atoms with Gasteiger partial charge in [-0.25, -0.2) is 4.79 Å². The summed E-state index contributed by atoms with van der Waals surface area (Å²) in [6.45, 7) is 1.44. The Morgan fingerprint density at radius 1 is 1.19 bits per heavy atom. The van der Waals surface area contributed by atoms with Crippen LogP contribution in [-0.4, -0.2) is 28.9 Å². The number of hydrogen-bond donors (Lipinski definition) is 2.